The van der Waals surface area contributed by atoms with Gasteiger partial charge in [-0.15, -0.1) is 11.3 Å². The quantitative estimate of drug-likeness (QED) is 0.740. The van der Waals surface area contributed by atoms with Gasteiger partial charge in [-0.1, -0.05) is 12.1 Å². The Labute approximate surface area is 108 Å². The maximum Gasteiger partial charge on any atom is 0.268 e. The fraction of sp³-hybridized carbons (Fsp3) is 0.0769. The van der Waals surface area contributed by atoms with Crippen molar-refractivity contribution in [3.63, 3.8) is 0 Å². The van der Waals surface area contributed by atoms with Crippen LogP contribution in [0.15, 0.2) is 35.7 Å². The zero-order valence-electron chi connectivity index (χ0n) is 9.73. The lowest BCUT2D eigenvalue weighted by Crippen LogP contribution is -2.11. The van der Waals surface area contributed by atoms with Crippen molar-refractivity contribution in [2.24, 2.45) is 0 Å². The molecule has 0 aliphatic heterocycles. The Hall–Kier alpha value is -2.14. The second-order valence-electron chi connectivity index (χ2n) is 4.04. The molecule has 1 aromatic carbocycles. The van der Waals surface area contributed by atoms with Gasteiger partial charge in [-0.05, 0) is 36.1 Å². The van der Waals surface area contributed by atoms with Gasteiger partial charge in [0.2, 0.25) is 5.95 Å². The van der Waals surface area contributed by atoms with Crippen molar-refractivity contribution in [3.8, 4) is 0 Å². The fourth-order valence-corrected chi connectivity index (χ4v) is 2.52. The Bertz CT molecular complexity index is 681. The Kier molecular flexibility index (Phi) is 2.60. The lowest BCUT2D eigenvalue weighted by atomic mass is 10.3. The molecule has 2 N–H and O–H groups in total. The topological polar surface area (TPSA) is 57.8 Å². The summed E-state index contributed by atoms with van der Waals surface area (Å²) < 4.78 is 0. The van der Waals surface area contributed by atoms with Crippen molar-refractivity contribution in [1.82, 2.24) is 9.97 Å². The molecule has 0 aliphatic rings. The first-order valence-corrected chi connectivity index (χ1v) is 6.41. The van der Waals surface area contributed by atoms with Crippen molar-refractivity contribution < 1.29 is 4.79 Å². The molecule has 0 bridgehead atoms. The number of aromatic amines is 1. The predicted molar refractivity (Wildman–Crippen MR) is 73.1 cm³/mol. The fourth-order valence-electron chi connectivity index (χ4n) is 1.73. The van der Waals surface area contributed by atoms with E-state index in [0.29, 0.717) is 10.8 Å². The van der Waals surface area contributed by atoms with E-state index >= 15 is 0 Å². The molecule has 0 atom stereocenters. The van der Waals surface area contributed by atoms with Gasteiger partial charge in [0.1, 0.15) is 0 Å². The van der Waals surface area contributed by atoms with E-state index in [1.807, 2.05) is 42.6 Å². The van der Waals surface area contributed by atoms with Gasteiger partial charge in [0, 0.05) is 0 Å². The molecular formula is C13H11N3OS. The van der Waals surface area contributed by atoms with Gasteiger partial charge in [0.25, 0.3) is 5.91 Å². The third-order valence-corrected chi connectivity index (χ3v) is 3.62. The molecule has 0 radical (unpaired) electrons. The molecule has 3 rings (SSSR count). The van der Waals surface area contributed by atoms with Gasteiger partial charge < -0.3 is 4.98 Å². The highest BCUT2D eigenvalue weighted by Crippen LogP contribution is 2.17. The summed E-state index contributed by atoms with van der Waals surface area (Å²) in [6.45, 7) is 1.97. The van der Waals surface area contributed by atoms with E-state index < -0.39 is 0 Å². The number of hydrogen-bond acceptors (Lipinski definition) is 3. The Morgan fingerprint density at radius 1 is 1.39 bits per heavy atom. The number of H-pyrrole nitrogens is 1. The van der Waals surface area contributed by atoms with Gasteiger partial charge in [-0.3, -0.25) is 10.1 Å². The number of aryl methyl sites for hydroxylation is 1. The first-order valence-electron chi connectivity index (χ1n) is 5.53. The average molecular weight is 257 g/mol. The van der Waals surface area contributed by atoms with Crippen molar-refractivity contribution in [2.75, 3.05) is 5.32 Å². The van der Waals surface area contributed by atoms with Crippen LogP contribution in [0, 0.1) is 6.92 Å². The van der Waals surface area contributed by atoms with Gasteiger partial charge in [0.15, 0.2) is 0 Å². The van der Waals surface area contributed by atoms with Crippen LogP contribution < -0.4 is 5.32 Å². The number of carbonyl (C=O) groups is 1. The number of rotatable bonds is 2. The van der Waals surface area contributed by atoms with Crippen LogP contribution in [-0.2, 0) is 0 Å². The van der Waals surface area contributed by atoms with E-state index in [4.69, 9.17) is 0 Å². The molecule has 18 heavy (non-hydrogen) atoms. The maximum absolute atomic E-state index is 11.9. The molecule has 0 saturated heterocycles. The molecule has 0 fully saturated rings. The molecule has 0 unspecified atom stereocenters. The average Bonchev–Trinajstić information content (AvgIpc) is 2.94. The zero-order chi connectivity index (χ0) is 12.5. The number of benzene rings is 1. The molecule has 5 heteroatoms. The van der Waals surface area contributed by atoms with Crippen LogP contribution in [0.25, 0.3) is 11.0 Å². The van der Waals surface area contributed by atoms with E-state index in [0.717, 1.165) is 16.6 Å². The number of nitrogens with zero attached hydrogens (tertiary/aromatic N) is 1. The third-order valence-electron chi connectivity index (χ3n) is 2.58. The molecule has 90 valence electrons. The Morgan fingerprint density at radius 3 is 2.94 bits per heavy atom. The minimum absolute atomic E-state index is 0.132. The summed E-state index contributed by atoms with van der Waals surface area (Å²) >= 11 is 1.43. The van der Waals surface area contributed by atoms with Crippen LogP contribution in [0.1, 0.15) is 15.2 Å². The van der Waals surface area contributed by atoms with Crippen LogP contribution in [0.5, 0.6) is 0 Å². The highest BCUT2D eigenvalue weighted by atomic mass is 32.1. The van der Waals surface area contributed by atoms with Gasteiger partial charge in [-0.2, -0.15) is 0 Å². The van der Waals surface area contributed by atoms with E-state index in [-0.39, 0.29) is 5.91 Å². The molecule has 0 aliphatic carbocycles. The number of nitrogens with one attached hydrogen (secondary N) is 2. The van der Waals surface area contributed by atoms with Crippen molar-refractivity contribution >= 4 is 34.2 Å². The van der Waals surface area contributed by atoms with Crippen molar-refractivity contribution in [1.29, 1.82) is 0 Å². The predicted octanol–water partition coefficient (Wildman–Crippen LogP) is 3.19. The Morgan fingerprint density at radius 2 is 2.22 bits per heavy atom. The van der Waals surface area contributed by atoms with E-state index in [2.05, 4.69) is 15.3 Å². The summed E-state index contributed by atoms with van der Waals surface area (Å²) in [7, 11) is 0. The van der Waals surface area contributed by atoms with Crippen LogP contribution in [-0.4, -0.2) is 15.9 Å². The normalized spacial score (nSPS) is 10.7. The van der Waals surface area contributed by atoms with E-state index in [9.17, 15) is 4.79 Å². The Balaban J connectivity index is 1.86. The van der Waals surface area contributed by atoms with Crippen LogP contribution >= 0.6 is 11.3 Å². The van der Waals surface area contributed by atoms with Crippen LogP contribution in [0.3, 0.4) is 0 Å². The van der Waals surface area contributed by atoms with Crippen molar-refractivity contribution in [2.45, 2.75) is 6.92 Å². The monoisotopic (exact) mass is 257 g/mol. The van der Waals surface area contributed by atoms with Gasteiger partial charge in [0.05, 0.1) is 15.9 Å². The zero-order valence-corrected chi connectivity index (χ0v) is 10.5. The molecule has 1 amide bonds. The molecule has 0 saturated carbocycles. The van der Waals surface area contributed by atoms with Gasteiger partial charge in [-0.25, -0.2) is 4.98 Å². The number of aromatic nitrogens is 2. The smallest absolute Gasteiger partial charge is 0.268 e. The number of fused-ring (bicyclic) bond motifs is 1. The van der Waals surface area contributed by atoms with Crippen LogP contribution in [0.4, 0.5) is 5.95 Å². The first-order chi connectivity index (χ1) is 8.72. The molecule has 0 spiro atoms. The highest BCUT2D eigenvalue weighted by Gasteiger charge is 2.10. The summed E-state index contributed by atoms with van der Waals surface area (Å²) in [6, 6.07) is 9.53. The second-order valence-corrected chi connectivity index (χ2v) is 4.96. The van der Waals surface area contributed by atoms with E-state index in [1.165, 1.54) is 11.3 Å². The first kappa shape index (κ1) is 11.0. The summed E-state index contributed by atoms with van der Waals surface area (Å²) in [6.07, 6.45) is 0. The number of amides is 1. The lowest BCUT2D eigenvalue weighted by molar-refractivity contribution is 0.103. The maximum atomic E-state index is 11.9. The van der Waals surface area contributed by atoms with Crippen molar-refractivity contribution in [3.05, 3.63) is 46.2 Å². The standard InChI is InChI=1S/C13H11N3OS/c1-8-6-11(18-7-8)12(17)16-13-14-9-4-2-3-5-10(9)15-13/h2-7H,1H3,(H2,14,15,16,17). The minimum Gasteiger partial charge on any atom is -0.324 e. The molecule has 2 heterocycles. The summed E-state index contributed by atoms with van der Waals surface area (Å²) in [5.41, 5.74) is 2.85. The summed E-state index contributed by atoms with van der Waals surface area (Å²) in [4.78, 5) is 20.0. The third kappa shape index (κ3) is 2.00. The summed E-state index contributed by atoms with van der Waals surface area (Å²) in [5.74, 6) is 0.347. The molecule has 3 aromatic rings. The minimum atomic E-state index is -0.132. The SMILES string of the molecule is Cc1csc(C(=O)Nc2nc3ccccc3[nH]2)c1. The highest BCUT2D eigenvalue weighted by molar-refractivity contribution is 7.12. The van der Waals surface area contributed by atoms with Gasteiger partial charge >= 0.3 is 0 Å². The number of hydrogen-bond donors (Lipinski definition) is 2. The number of anilines is 1. The van der Waals surface area contributed by atoms with E-state index in [1.54, 1.807) is 0 Å². The second kappa shape index (κ2) is 4.27. The molecule has 2 aromatic heterocycles. The largest absolute Gasteiger partial charge is 0.324 e. The summed E-state index contributed by atoms with van der Waals surface area (Å²) in [5, 5.41) is 4.72. The molecular weight excluding hydrogens is 246 g/mol. The number of imidazole rings is 1. The number of thiophene rings is 1. The number of carbonyl (C=O) groups excluding carboxylic acids is 1. The molecule has 4 nitrogen and oxygen atoms in total. The lowest BCUT2D eigenvalue weighted by Gasteiger charge is -1.97. The number of para-hydroxylation sites is 2. The van der Waals surface area contributed by atoms with Crippen LogP contribution in [0.2, 0.25) is 0 Å².